The van der Waals surface area contributed by atoms with E-state index in [0.29, 0.717) is 0 Å². The normalized spacial score (nSPS) is 13.5. The summed E-state index contributed by atoms with van der Waals surface area (Å²) in [6.45, 7) is 14.5. The van der Waals surface area contributed by atoms with Crippen LogP contribution in [0.1, 0.15) is 74.9 Å². The smallest absolute Gasteiger partial charge is 0.0547 e. The van der Waals surface area contributed by atoms with Crippen LogP contribution in [0.3, 0.4) is 0 Å². The molecule has 0 amide bonds. The number of para-hydroxylation sites is 1. The highest BCUT2D eigenvalue weighted by molar-refractivity contribution is 7.27. The Hall–Kier alpha value is -17.4. The minimum absolute atomic E-state index is 0.118. The summed E-state index contributed by atoms with van der Waals surface area (Å²) in [5, 5.41) is 21.0. The van der Waals surface area contributed by atoms with Gasteiger partial charge in [0.15, 0.2) is 0 Å². The lowest BCUT2D eigenvalue weighted by Crippen LogP contribution is -2.15. The third-order valence-corrected chi connectivity index (χ3v) is 36.6. The predicted molar refractivity (Wildman–Crippen MR) is 641 cm³/mol. The van der Waals surface area contributed by atoms with Gasteiger partial charge in [0.1, 0.15) is 0 Å². The fourth-order valence-electron chi connectivity index (χ4n) is 25.9. The molecular weight excluding hydrogens is 1860 g/mol. The number of fused-ring (bicyclic) bond motifs is 32. The number of benzene rings is 23. The van der Waals surface area contributed by atoms with E-state index in [4.69, 9.17) is 0 Å². The van der Waals surface area contributed by atoms with Crippen molar-refractivity contribution in [1.82, 2.24) is 13.7 Å². The van der Waals surface area contributed by atoms with Gasteiger partial charge in [-0.25, -0.2) is 0 Å². The second-order valence-corrected chi connectivity index (χ2v) is 45.6. The van der Waals surface area contributed by atoms with Crippen molar-refractivity contribution in [1.29, 1.82) is 0 Å². The zero-order chi connectivity index (χ0) is 99.0. The molecule has 32 rings (SSSR count). The van der Waals surface area contributed by atoms with Crippen LogP contribution in [0.25, 0.3) is 265 Å². The second kappa shape index (κ2) is 33.3. The molecule has 6 heterocycles. The molecule has 0 aliphatic heterocycles. The first kappa shape index (κ1) is 87.1. The number of thiophene rings is 3. The van der Waals surface area contributed by atoms with E-state index in [1.807, 2.05) is 34.0 Å². The van der Waals surface area contributed by atoms with Crippen LogP contribution in [0.15, 0.2) is 479 Å². The molecule has 3 nitrogen and oxygen atoms in total. The van der Waals surface area contributed by atoms with Crippen molar-refractivity contribution in [2.45, 2.75) is 57.8 Å². The van der Waals surface area contributed by atoms with Crippen LogP contribution < -0.4 is 0 Å². The van der Waals surface area contributed by atoms with Gasteiger partial charge in [0, 0.05) is 132 Å². The van der Waals surface area contributed by atoms with Gasteiger partial charge in [-0.1, -0.05) is 387 Å². The molecule has 6 aromatic heterocycles. The van der Waals surface area contributed by atoms with E-state index in [1.165, 1.54) is 298 Å². The van der Waals surface area contributed by atoms with Crippen LogP contribution in [0.4, 0.5) is 0 Å². The molecule has 702 valence electrons. The molecule has 0 radical (unpaired) electrons. The van der Waals surface area contributed by atoms with Crippen LogP contribution in [-0.2, 0) is 16.2 Å². The van der Waals surface area contributed by atoms with Crippen LogP contribution in [0, 0.1) is 0 Å². The van der Waals surface area contributed by atoms with Crippen molar-refractivity contribution >= 4 is 181 Å². The van der Waals surface area contributed by atoms with Gasteiger partial charge in [-0.15, -0.1) is 34.0 Å². The van der Waals surface area contributed by atoms with Gasteiger partial charge in [0.2, 0.25) is 0 Å². The minimum atomic E-state index is -0.163. The topological polar surface area (TPSA) is 14.8 Å². The highest BCUT2D eigenvalue weighted by atomic mass is 32.1. The quantitative estimate of drug-likeness (QED) is 0.137. The molecule has 0 unspecified atom stereocenters. The second-order valence-electron chi connectivity index (χ2n) is 42.4. The summed E-state index contributed by atoms with van der Waals surface area (Å²) in [6, 6.07) is 178. The van der Waals surface area contributed by atoms with Crippen LogP contribution >= 0.6 is 34.0 Å². The van der Waals surface area contributed by atoms with E-state index in [0.717, 1.165) is 0 Å². The Labute approximate surface area is 875 Å². The Balaban J connectivity index is 0.000000103. The number of aromatic nitrogens is 3. The molecule has 3 aliphatic rings. The van der Waals surface area contributed by atoms with Crippen molar-refractivity contribution in [3.8, 4) is 117 Å². The van der Waals surface area contributed by atoms with Crippen molar-refractivity contribution in [3.63, 3.8) is 0 Å². The Morgan fingerprint density at radius 2 is 0.483 bits per heavy atom. The maximum atomic E-state index is 2.51. The Morgan fingerprint density at radius 3 is 0.966 bits per heavy atom. The molecule has 0 bridgehead atoms. The summed E-state index contributed by atoms with van der Waals surface area (Å²) >= 11 is 5.74. The van der Waals surface area contributed by atoms with Crippen LogP contribution in [-0.4, -0.2) is 13.7 Å². The summed E-state index contributed by atoms with van der Waals surface area (Å²) in [7, 11) is 0. The number of rotatable bonds is 9. The van der Waals surface area contributed by atoms with E-state index in [1.54, 1.807) is 0 Å². The fraction of sp³-hybridized carbons (Fsp3) is 0.0629. The molecule has 6 heteroatoms. The van der Waals surface area contributed by atoms with Gasteiger partial charge >= 0.3 is 0 Å². The predicted octanol–water partition coefficient (Wildman–Crippen LogP) is 40.7. The molecule has 3 aliphatic carbocycles. The first-order valence-corrected chi connectivity index (χ1v) is 54.3. The SMILES string of the molecule is CC1(C)c2cc(-n3c4cc(-c5ccccc5)ccc4c4ccc(-c5ccc(-c6ccccc6)cc5)cc43)ccc2-c2ccc3sc4ccccc4c3c21.CC1(C)c2cc(-n3c4ccc(-c5ccccc5)cc4c4cc(-c5ccc6ccccc6c5)ccc43)ccc2-c2c1ccc1c2sc2ccccc21.CC1(C)c2cc(-n3c4ccccc4c4cc(-c5ccc6ccccc6c5)ccc43)ccc2-c2ccc3sc4ccccc4c3c21. The molecule has 29 aromatic rings. The van der Waals surface area contributed by atoms with Gasteiger partial charge < -0.3 is 13.7 Å². The standard InChI is InChI=1S/C51H35NS.C49H33NS.C43H29NS/c1-51(2)44-31-38(23-26-39(44)42-27-28-48-49(50(42)51)43-15-9-10-16-47(43)53-48)52-45-29-36(33-13-7-4-8-14-33)21-24-40(45)41-25-22-37(30-46(41)52)35-19-17-34(18-20-35)32-11-5-3-6-12-32;1-49(2)42-23-22-38-37-14-8-9-15-46(37)51-48(38)47(42)39-21-20-36(29-43(39)49)50-44-24-18-34(30-10-4-3-5-11-30)27-40(44)41-28-35(19-25-45(41)50)33-17-16-31-12-6-7-13-32(31)26-33;1-43(2)36-25-30(18-19-31(36)33-20-22-40-41(42(33)43)34-12-6-8-14-39(34)45-40)44-37-13-7-5-11-32(37)35-24-29(17-21-38(35)44)28-16-15-26-9-3-4-10-27(26)23-28/h3-31H,1-2H3;3-29H,1-2H3;3-25H,1-2H3. The van der Waals surface area contributed by atoms with Crippen molar-refractivity contribution in [3.05, 3.63) is 513 Å². The molecule has 0 atom stereocenters. The molecule has 0 spiro atoms. The maximum absolute atomic E-state index is 2.51. The van der Waals surface area contributed by atoms with E-state index >= 15 is 0 Å². The number of nitrogens with zero attached hydrogens (tertiary/aromatic N) is 3. The van der Waals surface area contributed by atoms with Crippen LogP contribution in [0.5, 0.6) is 0 Å². The molecular formula is C143H97N3S3. The third kappa shape index (κ3) is 13.5. The highest BCUT2D eigenvalue weighted by Crippen LogP contribution is 2.60. The zero-order valence-corrected chi connectivity index (χ0v) is 85.6. The largest absolute Gasteiger partial charge is 0.309 e. The summed E-state index contributed by atoms with van der Waals surface area (Å²) in [5.74, 6) is 0. The monoisotopic (exact) mass is 1950 g/mol. The van der Waals surface area contributed by atoms with E-state index in [-0.39, 0.29) is 16.2 Å². The molecule has 0 N–H and O–H groups in total. The molecule has 0 saturated carbocycles. The highest BCUT2D eigenvalue weighted by Gasteiger charge is 2.42. The Morgan fingerprint density at radius 1 is 0.168 bits per heavy atom. The zero-order valence-electron chi connectivity index (χ0n) is 83.2. The van der Waals surface area contributed by atoms with Gasteiger partial charge in [-0.3, -0.25) is 0 Å². The number of hydrogen-bond donors (Lipinski definition) is 0. The van der Waals surface area contributed by atoms with Gasteiger partial charge in [-0.05, 0) is 283 Å². The molecule has 0 fully saturated rings. The fourth-order valence-corrected chi connectivity index (χ4v) is 29.3. The Bertz CT molecular complexity index is 10700. The average molecular weight is 1950 g/mol. The average Bonchev–Trinajstić information content (AvgIpc) is 1.54. The molecule has 23 aromatic carbocycles. The first-order valence-electron chi connectivity index (χ1n) is 51.9. The van der Waals surface area contributed by atoms with Crippen molar-refractivity contribution in [2.75, 3.05) is 0 Å². The summed E-state index contributed by atoms with van der Waals surface area (Å²) in [5.41, 5.74) is 42.1. The van der Waals surface area contributed by atoms with Crippen LogP contribution in [0.2, 0.25) is 0 Å². The lowest BCUT2D eigenvalue weighted by molar-refractivity contribution is 0.660. The Kier molecular flexibility index (Phi) is 19.5. The summed E-state index contributed by atoms with van der Waals surface area (Å²) in [4.78, 5) is 0. The summed E-state index contributed by atoms with van der Waals surface area (Å²) in [6.07, 6.45) is 0. The van der Waals surface area contributed by atoms with Crippen molar-refractivity contribution < 1.29 is 0 Å². The van der Waals surface area contributed by atoms with Gasteiger partial charge in [0.05, 0.1) is 33.1 Å². The number of hydrogen-bond acceptors (Lipinski definition) is 3. The minimum Gasteiger partial charge on any atom is -0.309 e. The lowest BCUT2D eigenvalue weighted by Gasteiger charge is -2.23. The summed E-state index contributed by atoms with van der Waals surface area (Å²) < 4.78 is 15.7. The lowest BCUT2D eigenvalue weighted by atomic mass is 9.80. The van der Waals surface area contributed by atoms with E-state index in [9.17, 15) is 0 Å². The van der Waals surface area contributed by atoms with E-state index < -0.39 is 0 Å². The first-order chi connectivity index (χ1) is 73.1. The van der Waals surface area contributed by atoms with E-state index in [2.05, 4.69) is 534 Å². The third-order valence-electron chi connectivity index (χ3n) is 33.1. The molecule has 149 heavy (non-hydrogen) atoms. The van der Waals surface area contributed by atoms with Gasteiger partial charge in [-0.2, -0.15) is 0 Å². The van der Waals surface area contributed by atoms with Gasteiger partial charge in [0.25, 0.3) is 0 Å². The van der Waals surface area contributed by atoms with Crippen molar-refractivity contribution in [2.24, 2.45) is 0 Å². The molecule has 0 saturated heterocycles. The maximum Gasteiger partial charge on any atom is 0.0547 e.